The van der Waals surface area contributed by atoms with Gasteiger partial charge in [-0.15, -0.1) is 0 Å². The molecule has 0 unspecified atom stereocenters. The summed E-state index contributed by atoms with van der Waals surface area (Å²) < 4.78 is 5.21. The minimum atomic E-state index is -0.625. The summed E-state index contributed by atoms with van der Waals surface area (Å²) in [5, 5.41) is 8.90. The molecule has 5 nitrogen and oxygen atoms in total. The van der Waals surface area contributed by atoms with Gasteiger partial charge in [-0.05, 0) is 6.92 Å². The van der Waals surface area contributed by atoms with Crippen LogP contribution in [0, 0.1) is 0 Å². The summed E-state index contributed by atoms with van der Waals surface area (Å²) >= 11 is 0. The number of hydrogen-bond acceptors (Lipinski definition) is 4. The maximum absolute atomic E-state index is 10.9. The Morgan fingerprint density at radius 3 is 3.09 bits per heavy atom. The molecule has 1 N–H and O–H groups in total. The van der Waals surface area contributed by atoms with Crippen molar-refractivity contribution in [3.05, 3.63) is 18.2 Å². The van der Waals surface area contributed by atoms with E-state index in [1.807, 2.05) is 0 Å². The van der Waals surface area contributed by atoms with Crippen LogP contribution < -0.4 is 0 Å². The molecule has 0 radical (unpaired) electrons. The van der Waals surface area contributed by atoms with Crippen LogP contribution >= 0.6 is 0 Å². The molecular weight excluding hydrogens is 148 g/mol. The number of aromatic nitrogens is 2. The van der Waals surface area contributed by atoms with Crippen LogP contribution in [0.3, 0.4) is 0 Å². The highest BCUT2D eigenvalue weighted by atomic mass is 16.5. The fourth-order valence-electron chi connectivity index (χ4n) is 0.639. The second-order valence-corrected chi connectivity index (χ2v) is 1.82. The third kappa shape index (κ3) is 1.49. The first-order valence-corrected chi connectivity index (χ1v) is 3.15. The lowest BCUT2D eigenvalue weighted by atomic mass is 10.6. The first-order valence-electron chi connectivity index (χ1n) is 3.15. The molecule has 0 fully saturated rings. The van der Waals surface area contributed by atoms with Crippen molar-refractivity contribution in [2.24, 2.45) is 0 Å². The molecule has 0 spiro atoms. The molecule has 1 aromatic rings. The zero-order chi connectivity index (χ0) is 8.27. The summed E-state index contributed by atoms with van der Waals surface area (Å²) in [5.41, 5.74) is 0. The molecule has 0 aromatic carbocycles. The fraction of sp³-hybridized carbons (Fsp3) is 0.333. The largest absolute Gasteiger partial charge is 0.460 e. The monoisotopic (exact) mass is 156 g/mol. The molecule has 1 aromatic heterocycles. The summed E-state index contributed by atoms with van der Waals surface area (Å²) in [6, 6.07) is 0. The molecule has 0 aliphatic carbocycles. The standard InChI is InChI=1S/C6H8N2O3/c1-2-11-6(9)5-7-3-4-8(5)10/h3-4,10H,2H2,1H3. The van der Waals surface area contributed by atoms with E-state index in [9.17, 15) is 4.79 Å². The van der Waals surface area contributed by atoms with Crippen molar-refractivity contribution in [2.45, 2.75) is 6.92 Å². The Morgan fingerprint density at radius 2 is 2.64 bits per heavy atom. The molecule has 0 saturated heterocycles. The van der Waals surface area contributed by atoms with Gasteiger partial charge in [-0.1, -0.05) is 0 Å². The Kier molecular flexibility index (Phi) is 2.10. The first-order chi connectivity index (χ1) is 5.25. The van der Waals surface area contributed by atoms with Gasteiger partial charge in [0.25, 0.3) is 5.82 Å². The minimum absolute atomic E-state index is 0.105. The molecule has 0 aliphatic rings. The zero-order valence-electron chi connectivity index (χ0n) is 6.02. The van der Waals surface area contributed by atoms with E-state index >= 15 is 0 Å². The van der Waals surface area contributed by atoms with Gasteiger partial charge in [-0.25, -0.2) is 9.78 Å². The molecule has 1 heterocycles. The Labute approximate surface area is 63.2 Å². The van der Waals surface area contributed by atoms with Gasteiger partial charge in [0.2, 0.25) is 0 Å². The lowest BCUT2D eigenvalue weighted by molar-refractivity contribution is 0.0465. The second kappa shape index (κ2) is 3.05. The quantitative estimate of drug-likeness (QED) is 0.494. The molecule has 11 heavy (non-hydrogen) atoms. The predicted molar refractivity (Wildman–Crippen MR) is 35.4 cm³/mol. The van der Waals surface area contributed by atoms with Crippen molar-refractivity contribution >= 4 is 5.97 Å². The minimum Gasteiger partial charge on any atom is -0.460 e. The summed E-state index contributed by atoms with van der Waals surface area (Å²) in [4.78, 5) is 14.4. The first kappa shape index (κ1) is 7.59. The number of nitrogens with zero attached hydrogens (tertiary/aromatic N) is 2. The summed E-state index contributed by atoms with van der Waals surface area (Å²) in [5.74, 6) is -0.730. The molecule has 1 rings (SSSR count). The van der Waals surface area contributed by atoms with E-state index in [0.29, 0.717) is 4.73 Å². The van der Waals surface area contributed by atoms with Crippen molar-refractivity contribution in [2.75, 3.05) is 6.61 Å². The number of rotatable bonds is 2. The van der Waals surface area contributed by atoms with Crippen molar-refractivity contribution < 1.29 is 14.7 Å². The Bertz CT molecular complexity index is 256. The van der Waals surface area contributed by atoms with E-state index in [1.54, 1.807) is 6.92 Å². The van der Waals surface area contributed by atoms with Crippen LogP contribution in [0.25, 0.3) is 0 Å². The highest BCUT2D eigenvalue weighted by Crippen LogP contribution is 1.95. The third-order valence-electron chi connectivity index (χ3n) is 1.08. The summed E-state index contributed by atoms with van der Waals surface area (Å²) in [6.07, 6.45) is 2.57. The molecule has 0 saturated carbocycles. The topological polar surface area (TPSA) is 64.3 Å². The van der Waals surface area contributed by atoms with Crippen LogP contribution in [0.4, 0.5) is 0 Å². The summed E-state index contributed by atoms with van der Waals surface area (Å²) in [6.45, 7) is 1.95. The predicted octanol–water partition coefficient (Wildman–Crippen LogP) is 0.297. The van der Waals surface area contributed by atoms with E-state index in [4.69, 9.17) is 5.21 Å². The Hall–Kier alpha value is -1.52. The van der Waals surface area contributed by atoms with Crippen LogP contribution in [0.15, 0.2) is 12.4 Å². The van der Waals surface area contributed by atoms with E-state index in [-0.39, 0.29) is 12.4 Å². The van der Waals surface area contributed by atoms with E-state index in [0.717, 1.165) is 0 Å². The van der Waals surface area contributed by atoms with E-state index in [2.05, 4.69) is 9.72 Å². The van der Waals surface area contributed by atoms with Crippen LogP contribution in [-0.4, -0.2) is 27.5 Å². The Balaban J connectivity index is 2.76. The highest BCUT2D eigenvalue weighted by Gasteiger charge is 2.12. The maximum Gasteiger partial charge on any atom is 0.377 e. The number of carbonyl (C=O) groups excluding carboxylic acids is 1. The van der Waals surface area contributed by atoms with Crippen molar-refractivity contribution in [3.8, 4) is 0 Å². The van der Waals surface area contributed by atoms with Crippen molar-refractivity contribution in [1.29, 1.82) is 0 Å². The third-order valence-corrected chi connectivity index (χ3v) is 1.08. The van der Waals surface area contributed by atoms with E-state index in [1.165, 1.54) is 12.4 Å². The molecule has 0 atom stereocenters. The van der Waals surface area contributed by atoms with Gasteiger partial charge in [0.05, 0.1) is 12.8 Å². The number of carbonyl (C=O) groups is 1. The SMILES string of the molecule is CCOC(=O)c1nccn1O. The van der Waals surface area contributed by atoms with Crippen LogP contribution in [-0.2, 0) is 4.74 Å². The van der Waals surface area contributed by atoms with Crippen LogP contribution in [0.5, 0.6) is 0 Å². The van der Waals surface area contributed by atoms with Gasteiger partial charge >= 0.3 is 5.97 Å². The van der Waals surface area contributed by atoms with Crippen molar-refractivity contribution in [3.63, 3.8) is 0 Å². The maximum atomic E-state index is 10.9. The zero-order valence-corrected chi connectivity index (χ0v) is 6.02. The number of hydrogen-bond donors (Lipinski definition) is 1. The van der Waals surface area contributed by atoms with Crippen LogP contribution in [0.2, 0.25) is 0 Å². The Morgan fingerprint density at radius 1 is 1.91 bits per heavy atom. The van der Waals surface area contributed by atoms with Crippen LogP contribution in [0.1, 0.15) is 17.5 Å². The lowest BCUT2D eigenvalue weighted by Crippen LogP contribution is -2.11. The normalized spacial score (nSPS) is 9.55. The smallest absolute Gasteiger partial charge is 0.377 e. The second-order valence-electron chi connectivity index (χ2n) is 1.82. The average molecular weight is 156 g/mol. The van der Waals surface area contributed by atoms with Crippen molar-refractivity contribution in [1.82, 2.24) is 9.71 Å². The number of ether oxygens (including phenoxy) is 1. The molecule has 60 valence electrons. The molecule has 0 amide bonds. The van der Waals surface area contributed by atoms with Gasteiger partial charge in [-0.3, -0.25) is 0 Å². The highest BCUT2D eigenvalue weighted by molar-refractivity contribution is 5.85. The molecule has 5 heteroatoms. The number of imidazole rings is 1. The lowest BCUT2D eigenvalue weighted by Gasteiger charge is -1.98. The number of esters is 1. The summed E-state index contributed by atoms with van der Waals surface area (Å²) in [7, 11) is 0. The van der Waals surface area contributed by atoms with E-state index < -0.39 is 5.97 Å². The molecular formula is C6H8N2O3. The van der Waals surface area contributed by atoms with Gasteiger partial charge in [-0.2, -0.15) is 4.73 Å². The molecule has 0 aliphatic heterocycles. The van der Waals surface area contributed by atoms with Gasteiger partial charge in [0, 0.05) is 6.20 Å². The van der Waals surface area contributed by atoms with Gasteiger partial charge in [0.15, 0.2) is 0 Å². The average Bonchev–Trinajstić information content (AvgIpc) is 2.36. The molecule has 0 bridgehead atoms. The van der Waals surface area contributed by atoms with Gasteiger partial charge in [0.1, 0.15) is 0 Å². The fourth-order valence-corrected chi connectivity index (χ4v) is 0.639. The van der Waals surface area contributed by atoms with Gasteiger partial charge < -0.3 is 9.94 Å².